The average Bonchev–Trinajstić information content (AvgIpc) is 2.99. The molecule has 0 amide bonds. The Morgan fingerprint density at radius 2 is 1.91 bits per heavy atom. The smallest absolute Gasteiger partial charge is 0.354 e. The maximum absolute atomic E-state index is 14.5. The molecule has 4 nitrogen and oxygen atoms in total. The summed E-state index contributed by atoms with van der Waals surface area (Å²) in [6, 6.07) is 11.5. The summed E-state index contributed by atoms with van der Waals surface area (Å²) in [5.41, 5.74) is 0.823. The molecule has 0 aliphatic carbocycles. The molecule has 0 saturated heterocycles. The van der Waals surface area contributed by atoms with Crippen LogP contribution in [0.2, 0.25) is 0 Å². The molecule has 3 aromatic rings. The molecule has 118 valence electrons. The van der Waals surface area contributed by atoms with Crippen molar-refractivity contribution < 1.29 is 23.0 Å². The topological polar surface area (TPSA) is 51.3 Å². The summed E-state index contributed by atoms with van der Waals surface area (Å²) in [5.74, 6) is -2.86. The van der Waals surface area contributed by atoms with Crippen LogP contribution in [0.4, 0.5) is 8.78 Å². The van der Waals surface area contributed by atoms with Crippen molar-refractivity contribution >= 4 is 16.9 Å². The number of rotatable bonds is 4. The summed E-state index contributed by atoms with van der Waals surface area (Å²) >= 11 is 0. The zero-order valence-corrected chi connectivity index (χ0v) is 12.2. The Hall–Kier alpha value is -2.89. The highest BCUT2D eigenvalue weighted by atomic mass is 19.1. The Kier molecular flexibility index (Phi) is 3.97. The van der Waals surface area contributed by atoms with Gasteiger partial charge in [-0.3, -0.25) is 0 Å². The van der Waals surface area contributed by atoms with Crippen molar-refractivity contribution in [1.82, 2.24) is 4.98 Å². The Labute approximate surface area is 130 Å². The fourth-order valence-electron chi connectivity index (χ4n) is 2.27. The van der Waals surface area contributed by atoms with Crippen LogP contribution >= 0.6 is 0 Å². The second-order valence-electron chi connectivity index (χ2n) is 4.91. The summed E-state index contributed by atoms with van der Waals surface area (Å²) in [4.78, 5) is 14.1. The zero-order valence-electron chi connectivity index (χ0n) is 12.2. The number of halogens is 2. The Morgan fingerprint density at radius 3 is 2.61 bits per heavy atom. The second kappa shape index (κ2) is 6.08. The van der Waals surface area contributed by atoms with Gasteiger partial charge in [-0.05, 0) is 17.7 Å². The van der Waals surface area contributed by atoms with Gasteiger partial charge in [-0.2, -0.15) is 0 Å². The molecule has 0 atom stereocenters. The SMILES string of the molecule is COC(=O)c1cc2cc(F)c(OCc3ccccc3)c(F)c2[nH]1. The molecule has 0 saturated carbocycles. The number of benzene rings is 2. The molecule has 0 aliphatic rings. The van der Waals surface area contributed by atoms with Crippen molar-refractivity contribution in [2.75, 3.05) is 7.11 Å². The van der Waals surface area contributed by atoms with E-state index >= 15 is 0 Å². The monoisotopic (exact) mass is 317 g/mol. The lowest BCUT2D eigenvalue weighted by atomic mass is 10.2. The van der Waals surface area contributed by atoms with Gasteiger partial charge >= 0.3 is 5.97 Å². The van der Waals surface area contributed by atoms with E-state index in [1.807, 2.05) is 18.2 Å². The molecule has 2 aromatic carbocycles. The molecule has 0 spiro atoms. The minimum Gasteiger partial charge on any atom is -0.483 e. The van der Waals surface area contributed by atoms with Crippen molar-refractivity contribution in [2.45, 2.75) is 6.61 Å². The third kappa shape index (κ3) is 2.88. The van der Waals surface area contributed by atoms with Crippen molar-refractivity contribution in [3.05, 3.63) is 65.4 Å². The molecule has 6 heteroatoms. The van der Waals surface area contributed by atoms with Crippen molar-refractivity contribution in [3.8, 4) is 5.75 Å². The van der Waals surface area contributed by atoms with Gasteiger partial charge in [-0.1, -0.05) is 30.3 Å². The molecule has 0 radical (unpaired) electrons. The lowest BCUT2D eigenvalue weighted by molar-refractivity contribution is 0.0595. The largest absolute Gasteiger partial charge is 0.483 e. The van der Waals surface area contributed by atoms with Gasteiger partial charge in [0.25, 0.3) is 0 Å². The van der Waals surface area contributed by atoms with Crippen LogP contribution in [-0.2, 0) is 11.3 Å². The standard InChI is InChI=1S/C17H13F2NO3/c1-22-17(21)13-8-11-7-12(18)16(14(19)15(11)20-13)23-9-10-5-3-2-4-6-10/h2-8,20H,9H2,1H3. The quantitative estimate of drug-likeness (QED) is 0.744. The number of carbonyl (C=O) groups is 1. The van der Waals surface area contributed by atoms with Gasteiger partial charge in [0, 0.05) is 5.39 Å². The van der Waals surface area contributed by atoms with Crippen LogP contribution < -0.4 is 4.74 Å². The van der Waals surface area contributed by atoms with Gasteiger partial charge in [0.05, 0.1) is 12.6 Å². The molecule has 0 fully saturated rings. The van der Waals surface area contributed by atoms with E-state index in [1.165, 1.54) is 13.2 Å². The molecular formula is C17H13F2NO3. The lowest BCUT2D eigenvalue weighted by Crippen LogP contribution is -2.01. The first-order chi connectivity index (χ1) is 11.1. The predicted octanol–water partition coefficient (Wildman–Crippen LogP) is 3.81. The fourth-order valence-corrected chi connectivity index (χ4v) is 2.27. The molecule has 1 aromatic heterocycles. The molecule has 1 heterocycles. The van der Waals surface area contributed by atoms with Crippen LogP contribution in [0.25, 0.3) is 10.9 Å². The highest BCUT2D eigenvalue weighted by molar-refractivity contribution is 5.95. The summed E-state index contributed by atoms with van der Waals surface area (Å²) in [6.07, 6.45) is 0. The zero-order chi connectivity index (χ0) is 16.4. The number of esters is 1. The van der Waals surface area contributed by atoms with Gasteiger partial charge in [-0.15, -0.1) is 0 Å². The fraction of sp³-hybridized carbons (Fsp3) is 0.118. The molecule has 0 aliphatic heterocycles. The number of hydrogen-bond acceptors (Lipinski definition) is 3. The van der Waals surface area contributed by atoms with Crippen LogP contribution in [0.5, 0.6) is 5.75 Å². The van der Waals surface area contributed by atoms with Crippen LogP contribution in [0.1, 0.15) is 16.1 Å². The third-order valence-electron chi connectivity index (χ3n) is 3.40. The predicted molar refractivity (Wildman–Crippen MR) is 80.3 cm³/mol. The van der Waals surface area contributed by atoms with Gasteiger partial charge in [0.15, 0.2) is 17.4 Å². The number of carbonyl (C=O) groups excluding carboxylic acids is 1. The van der Waals surface area contributed by atoms with E-state index in [-0.39, 0.29) is 23.2 Å². The van der Waals surface area contributed by atoms with Gasteiger partial charge in [0.1, 0.15) is 12.3 Å². The van der Waals surface area contributed by atoms with Crippen LogP contribution in [0.15, 0.2) is 42.5 Å². The number of fused-ring (bicyclic) bond motifs is 1. The van der Waals surface area contributed by atoms with E-state index < -0.39 is 23.4 Å². The van der Waals surface area contributed by atoms with Crippen LogP contribution in [0.3, 0.4) is 0 Å². The highest BCUT2D eigenvalue weighted by Gasteiger charge is 2.19. The molecule has 23 heavy (non-hydrogen) atoms. The van der Waals surface area contributed by atoms with E-state index in [0.717, 1.165) is 11.6 Å². The maximum atomic E-state index is 14.5. The van der Waals surface area contributed by atoms with E-state index in [9.17, 15) is 13.6 Å². The average molecular weight is 317 g/mol. The summed E-state index contributed by atoms with van der Waals surface area (Å²) in [7, 11) is 1.21. The van der Waals surface area contributed by atoms with Gasteiger partial charge in [-0.25, -0.2) is 13.6 Å². The van der Waals surface area contributed by atoms with Crippen LogP contribution in [-0.4, -0.2) is 18.1 Å². The molecule has 1 N–H and O–H groups in total. The van der Waals surface area contributed by atoms with Crippen molar-refractivity contribution in [2.24, 2.45) is 0 Å². The first-order valence-electron chi connectivity index (χ1n) is 6.86. The van der Waals surface area contributed by atoms with Gasteiger partial charge in [0.2, 0.25) is 0 Å². The number of ether oxygens (including phenoxy) is 2. The van der Waals surface area contributed by atoms with E-state index in [0.29, 0.717) is 0 Å². The number of aromatic amines is 1. The number of methoxy groups -OCH3 is 1. The Bertz CT molecular complexity index is 859. The normalized spacial score (nSPS) is 10.7. The van der Waals surface area contributed by atoms with E-state index in [2.05, 4.69) is 9.72 Å². The number of hydrogen-bond donors (Lipinski definition) is 1. The highest BCUT2D eigenvalue weighted by Crippen LogP contribution is 2.30. The Balaban J connectivity index is 1.95. The van der Waals surface area contributed by atoms with Crippen molar-refractivity contribution in [3.63, 3.8) is 0 Å². The minimum absolute atomic E-state index is 0.00476. The summed E-state index contributed by atoms with van der Waals surface area (Å²) in [6.45, 7) is 0.0325. The second-order valence-corrected chi connectivity index (χ2v) is 4.91. The molecule has 0 bridgehead atoms. The number of H-pyrrole nitrogens is 1. The first-order valence-corrected chi connectivity index (χ1v) is 6.86. The van der Waals surface area contributed by atoms with E-state index in [4.69, 9.17) is 4.74 Å². The summed E-state index contributed by atoms with van der Waals surface area (Å²) in [5, 5.41) is 0.229. The number of aromatic nitrogens is 1. The van der Waals surface area contributed by atoms with Gasteiger partial charge < -0.3 is 14.5 Å². The number of nitrogens with one attached hydrogen (secondary N) is 1. The third-order valence-corrected chi connectivity index (χ3v) is 3.40. The lowest BCUT2D eigenvalue weighted by Gasteiger charge is -2.09. The molecular weight excluding hydrogens is 304 g/mol. The molecule has 0 unspecified atom stereocenters. The van der Waals surface area contributed by atoms with Crippen molar-refractivity contribution in [1.29, 1.82) is 0 Å². The van der Waals surface area contributed by atoms with E-state index in [1.54, 1.807) is 12.1 Å². The maximum Gasteiger partial charge on any atom is 0.354 e. The first kappa shape index (κ1) is 15.0. The molecule has 3 rings (SSSR count). The van der Waals surface area contributed by atoms with Crippen LogP contribution in [0, 0.1) is 11.6 Å². The minimum atomic E-state index is -0.883. The summed E-state index contributed by atoms with van der Waals surface area (Å²) < 4.78 is 38.4. The Morgan fingerprint density at radius 1 is 1.17 bits per heavy atom.